The molecule has 0 aromatic rings. The Balaban J connectivity index is 2.21. The van der Waals surface area contributed by atoms with E-state index in [0.29, 0.717) is 10.8 Å². The molecule has 0 amide bonds. The first-order chi connectivity index (χ1) is 7.41. The van der Waals surface area contributed by atoms with Gasteiger partial charge in [-0.25, -0.2) is 0 Å². The zero-order chi connectivity index (χ0) is 11.8. The Bertz CT molecular complexity index is 209. The lowest BCUT2D eigenvalue weighted by Crippen LogP contribution is -2.39. The quantitative estimate of drug-likeness (QED) is 0.513. The molecular weight excluding hydrogens is 192 g/mol. The fourth-order valence-electron chi connectivity index (χ4n) is 4.06. The maximum atomic E-state index is 2.57. The highest BCUT2D eigenvalue weighted by Gasteiger charge is 2.42. The van der Waals surface area contributed by atoms with E-state index >= 15 is 0 Å². The molecule has 0 atom stereocenters. The van der Waals surface area contributed by atoms with Gasteiger partial charge in [-0.15, -0.1) is 0 Å². The molecule has 0 spiro atoms. The Morgan fingerprint density at radius 3 is 1.50 bits per heavy atom. The Labute approximate surface area is 102 Å². The molecule has 0 aromatic heterocycles. The summed E-state index contributed by atoms with van der Waals surface area (Å²) < 4.78 is 0. The summed E-state index contributed by atoms with van der Waals surface area (Å²) in [5, 5.41) is 0. The molecule has 94 valence electrons. The van der Waals surface area contributed by atoms with E-state index in [-0.39, 0.29) is 0 Å². The second-order valence-corrected chi connectivity index (χ2v) is 7.81. The summed E-state index contributed by atoms with van der Waals surface area (Å²) in [6.45, 7) is 9.96. The summed E-state index contributed by atoms with van der Waals surface area (Å²) in [7, 11) is 0. The van der Waals surface area contributed by atoms with Gasteiger partial charge in [0.2, 0.25) is 0 Å². The Morgan fingerprint density at radius 2 is 1.19 bits per heavy atom. The molecule has 3 saturated carbocycles. The lowest BCUT2D eigenvalue weighted by molar-refractivity contribution is 0.0157. The standard InChI is InChI=1S/C16H30/c1-15(2,3)16(4)11-13-7-5-8-14(12-16)10-6-9-13/h13-14H,5-12H2,1-4H3. The molecule has 0 aromatic carbocycles. The normalized spacial score (nSPS) is 41.2. The highest BCUT2D eigenvalue weighted by Crippen LogP contribution is 2.53. The zero-order valence-electron chi connectivity index (χ0n) is 11.8. The van der Waals surface area contributed by atoms with Gasteiger partial charge in [-0.2, -0.15) is 0 Å². The third-order valence-electron chi connectivity index (χ3n) is 5.74. The fourth-order valence-corrected chi connectivity index (χ4v) is 4.06. The average molecular weight is 222 g/mol. The summed E-state index contributed by atoms with van der Waals surface area (Å²) in [6, 6.07) is 0. The largest absolute Gasteiger partial charge is 0.0597 e. The van der Waals surface area contributed by atoms with Crippen LogP contribution in [0.5, 0.6) is 0 Å². The summed E-state index contributed by atoms with van der Waals surface area (Å²) in [6.07, 6.45) is 12.1. The van der Waals surface area contributed by atoms with Gasteiger partial charge in [0.1, 0.15) is 0 Å². The van der Waals surface area contributed by atoms with Crippen LogP contribution in [0.1, 0.15) is 79.1 Å². The van der Waals surface area contributed by atoms with Crippen molar-refractivity contribution in [2.24, 2.45) is 22.7 Å². The number of fused-ring (bicyclic) bond motifs is 6. The van der Waals surface area contributed by atoms with Gasteiger partial charge in [-0.05, 0) is 35.5 Å². The molecule has 0 unspecified atom stereocenters. The van der Waals surface area contributed by atoms with Crippen LogP contribution in [-0.4, -0.2) is 0 Å². The van der Waals surface area contributed by atoms with Crippen molar-refractivity contribution >= 4 is 0 Å². The molecule has 0 radical (unpaired) electrons. The van der Waals surface area contributed by atoms with Crippen LogP contribution in [-0.2, 0) is 0 Å². The molecule has 3 fully saturated rings. The van der Waals surface area contributed by atoms with E-state index in [4.69, 9.17) is 0 Å². The molecule has 16 heavy (non-hydrogen) atoms. The molecule has 3 rings (SSSR count). The van der Waals surface area contributed by atoms with Crippen LogP contribution in [0, 0.1) is 22.7 Å². The predicted octanol–water partition coefficient (Wildman–Crippen LogP) is 5.42. The van der Waals surface area contributed by atoms with E-state index in [1.165, 1.54) is 51.4 Å². The predicted molar refractivity (Wildman–Crippen MR) is 71.5 cm³/mol. The van der Waals surface area contributed by atoms with Gasteiger partial charge in [-0.3, -0.25) is 0 Å². The molecule has 0 N–H and O–H groups in total. The van der Waals surface area contributed by atoms with E-state index < -0.39 is 0 Å². The lowest BCUT2D eigenvalue weighted by atomic mass is 9.56. The van der Waals surface area contributed by atoms with Crippen LogP contribution in [0.2, 0.25) is 0 Å². The van der Waals surface area contributed by atoms with E-state index in [1.807, 2.05) is 0 Å². The molecule has 0 nitrogen and oxygen atoms in total. The van der Waals surface area contributed by atoms with Crippen molar-refractivity contribution in [3.8, 4) is 0 Å². The second kappa shape index (κ2) is 4.35. The van der Waals surface area contributed by atoms with Gasteiger partial charge in [0.25, 0.3) is 0 Å². The van der Waals surface area contributed by atoms with Gasteiger partial charge in [-0.1, -0.05) is 66.2 Å². The van der Waals surface area contributed by atoms with Crippen LogP contribution in [0.3, 0.4) is 0 Å². The van der Waals surface area contributed by atoms with Gasteiger partial charge >= 0.3 is 0 Å². The number of rotatable bonds is 0. The molecule has 0 heterocycles. The first kappa shape index (κ1) is 12.5. The zero-order valence-corrected chi connectivity index (χ0v) is 11.8. The molecule has 0 aliphatic heterocycles. The fraction of sp³-hybridized carbons (Fsp3) is 1.00. The lowest BCUT2D eigenvalue weighted by Gasteiger charge is -2.49. The highest BCUT2D eigenvalue weighted by molar-refractivity contribution is 4.92. The summed E-state index contributed by atoms with van der Waals surface area (Å²) in [4.78, 5) is 0. The molecule has 2 bridgehead atoms. The summed E-state index contributed by atoms with van der Waals surface area (Å²) in [5.74, 6) is 2.07. The Morgan fingerprint density at radius 1 is 0.812 bits per heavy atom. The molecule has 0 saturated heterocycles. The van der Waals surface area contributed by atoms with Crippen molar-refractivity contribution in [2.45, 2.75) is 79.1 Å². The molecule has 0 heteroatoms. The average Bonchev–Trinajstić information content (AvgIpc) is 2.05. The molecule has 3 aliphatic rings. The highest BCUT2D eigenvalue weighted by atomic mass is 14.5. The number of hydrogen-bond donors (Lipinski definition) is 0. The van der Waals surface area contributed by atoms with Gasteiger partial charge in [0.15, 0.2) is 0 Å². The minimum Gasteiger partial charge on any atom is -0.0597 e. The van der Waals surface area contributed by atoms with Gasteiger partial charge < -0.3 is 0 Å². The van der Waals surface area contributed by atoms with E-state index in [9.17, 15) is 0 Å². The third-order valence-corrected chi connectivity index (χ3v) is 5.74. The van der Waals surface area contributed by atoms with E-state index in [0.717, 1.165) is 11.8 Å². The first-order valence-electron chi connectivity index (χ1n) is 7.41. The van der Waals surface area contributed by atoms with Crippen LogP contribution >= 0.6 is 0 Å². The second-order valence-electron chi connectivity index (χ2n) is 7.81. The Hall–Kier alpha value is 0. The van der Waals surface area contributed by atoms with Crippen LogP contribution in [0.25, 0.3) is 0 Å². The minimum absolute atomic E-state index is 0.484. The van der Waals surface area contributed by atoms with E-state index in [2.05, 4.69) is 27.7 Å². The Kier molecular flexibility index (Phi) is 3.39. The van der Waals surface area contributed by atoms with E-state index in [1.54, 1.807) is 0 Å². The maximum Gasteiger partial charge on any atom is -0.0272 e. The van der Waals surface area contributed by atoms with Crippen molar-refractivity contribution in [3.05, 3.63) is 0 Å². The summed E-state index contributed by atoms with van der Waals surface area (Å²) in [5.41, 5.74) is 1.07. The van der Waals surface area contributed by atoms with Crippen molar-refractivity contribution in [2.75, 3.05) is 0 Å². The summed E-state index contributed by atoms with van der Waals surface area (Å²) >= 11 is 0. The topological polar surface area (TPSA) is 0 Å². The van der Waals surface area contributed by atoms with Crippen molar-refractivity contribution < 1.29 is 0 Å². The van der Waals surface area contributed by atoms with Crippen molar-refractivity contribution in [3.63, 3.8) is 0 Å². The molecular formula is C16H30. The van der Waals surface area contributed by atoms with Gasteiger partial charge in [0.05, 0.1) is 0 Å². The minimum atomic E-state index is 0.484. The molecule has 3 aliphatic carbocycles. The monoisotopic (exact) mass is 222 g/mol. The maximum absolute atomic E-state index is 2.57. The smallest absolute Gasteiger partial charge is 0.0272 e. The van der Waals surface area contributed by atoms with Gasteiger partial charge in [0, 0.05) is 0 Å². The van der Waals surface area contributed by atoms with Crippen LogP contribution < -0.4 is 0 Å². The van der Waals surface area contributed by atoms with Crippen molar-refractivity contribution in [1.82, 2.24) is 0 Å². The van der Waals surface area contributed by atoms with Crippen LogP contribution in [0.15, 0.2) is 0 Å². The van der Waals surface area contributed by atoms with Crippen molar-refractivity contribution in [1.29, 1.82) is 0 Å². The third kappa shape index (κ3) is 2.46. The number of hydrogen-bond acceptors (Lipinski definition) is 0. The SMILES string of the molecule is CC(C)(C)C1(C)CC2CCCC(CCC2)C1. The van der Waals surface area contributed by atoms with Crippen LogP contribution in [0.4, 0.5) is 0 Å². The first-order valence-corrected chi connectivity index (χ1v) is 7.41.